The van der Waals surface area contributed by atoms with E-state index < -0.39 is 12.1 Å². The number of carboxylic acids is 1. The van der Waals surface area contributed by atoms with Crippen molar-refractivity contribution in [2.45, 2.75) is 37.6 Å². The summed E-state index contributed by atoms with van der Waals surface area (Å²) in [6.07, 6.45) is 1.89. The van der Waals surface area contributed by atoms with Gasteiger partial charge < -0.3 is 25.2 Å². The van der Waals surface area contributed by atoms with Crippen molar-refractivity contribution < 1.29 is 29.0 Å². The molecule has 2 aliphatic rings. The van der Waals surface area contributed by atoms with Crippen molar-refractivity contribution in [2.24, 2.45) is 5.92 Å². The number of rotatable bonds is 10. The molecule has 0 spiro atoms. The van der Waals surface area contributed by atoms with Crippen LogP contribution in [0.2, 0.25) is 0 Å². The Morgan fingerprint density at radius 3 is 2.32 bits per heavy atom. The van der Waals surface area contributed by atoms with Crippen LogP contribution in [0.15, 0.2) is 48.5 Å². The summed E-state index contributed by atoms with van der Waals surface area (Å²) >= 11 is 0. The van der Waals surface area contributed by atoms with Crippen LogP contribution >= 0.6 is 0 Å². The molecular formula is C26H30N2O6. The maximum absolute atomic E-state index is 12.1. The Morgan fingerprint density at radius 1 is 0.971 bits per heavy atom. The van der Waals surface area contributed by atoms with Gasteiger partial charge in [0.05, 0.1) is 6.61 Å². The highest BCUT2D eigenvalue weighted by Crippen LogP contribution is 2.44. The lowest BCUT2D eigenvalue weighted by Gasteiger charge is -2.15. The van der Waals surface area contributed by atoms with Crippen LogP contribution in [0.5, 0.6) is 0 Å². The molecule has 2 atom stereocenters. The first-order valence-corrected chi connectivity index (χ1v) is 11.7. The Labute approximate surface area is 198 Å². The van der Waals surface area contributed by atoms with Crippen LogP contribution in [0.4, 0.5) is 4.79 Å². The molecule has 1 fully saturated rings. The largest absolute Gasteiger partial charge is 0.481 e. The molecule has 3 N–H and O–H groups in total. The first-order chi connectivity index (χ1) is 16.5. The second-order valence-corrected chi connectivity index (χ2v) is 8.85. The quantitative estimate of drug-likeness (QED) is 0.463. The SMILES string of the molecule is O=C(O)C[C@H]1CC[C@@H](NC(=O)COCCNC(=O)OCC2c3ccccc3-c3ccccc32)C1. The van der Waals surface area contributed by atoms with E-state index in [0.717, 1.165) is 24.0 Å². The van der Waals surface area contributed by atoms with Gasteiger partial charge in [-0.25, -0.2) is 4.79 Å². The standard InChI is InChI=1S/C26H30N2O6/c29-24(28-18-10-9-17(13-18)14-25(30)31)16-33-12-11-27-26(32)34-15-23-21-7-3-1-5-19(21)20-6-2-4-8-22(20)23/h1-8,17-18,23H,9-16H2,(H,27,32)(H,28,29)(H,30,31)/t17-,18+/m0/s1. The summed E-state index contributed by atoms with van der Waals surface area (Å²) in [5.41, 5.74) is 4.66. The van der Waals surface area contributed by atoms with Gasteiger partial charge in [-0.05, 0) is 47.4 Å². The van der Waals surface area contributed by atoms with Gasteiger partial charge in [0, 0.05) is 24.9 Å². The number of carbonyl (C=O) groups excluding carboxylic acids is 2. The molecule has 0 saturated heterocycles. The van der Waals surface area contributed by atoms with E-state index >= 15 is 0 Å². The summed E-state index contributed by atoms with van der Waals surface area (Å²) in [5.74, 6) is -0.916. The Bertz CT molecular complexity index is 994. The molecule has 4 rings (SSSR count). The summed E-state index contributed by atoms with van der Waals surface area (Å²) in [5, 5.41) is 14.4. The van der Waals surface area contributed by atoms with E-state index in [9.17, 15) is 14.4 Å². The minimum atomic E-state index is -0.802. The second kappa shape index (κ2) is 11.2. The number of hydrogen-bond acceptors (Lipinski definition) is 5. The zero-order valence-corrected chi connectivity index (χ0v) is 19.0. The third-order valence-corrected chi connectivity index (χ3v) is 6.46. The molecule has 2 aromatic carbocycles. The molecule has 0 heterocycles. The number of hydrogen-bond donors (Lipinski definition) is 3. The molecule has 8 heteroatoms. The fourth-order valence-corrected chi connectivity index (χ4v) is 4.95. The highest BCUT2D eigenvalue weighted by Gasteiger charge is 2.29. The predicted octanol–water partition coefficient (Wildman–Crippen LogP) is 3.30. The van der Waals surface area contributed by atoms with Crippen molar-refractivity contribution in [1.82, 2.24) is 10.6 Å². The fourth-order valence-electron chi connectivity index (χ4n) is 4.95. The van der Waals surface area contributed by atoms with Gasteiger partial charge in [-0.2, -0.15) is 0 Å². The van der Waals surface area contributed by atoms with E-state index in [-0.39, 0.29) is 56.6 Å². The Balaban J connectivity index is 1.12. The van der Waals surface area contributed by atoms with Crippen molar-refractivity contribution in [3.63, 3.8) is 0 Å². The summed E-state index contributed by atoms with van der Waals surface area (Å²) < 4.78 is 10.8. The lowest BCUT2D eigenvalue weighted by molar-refractivity contribution is -0.138. The molecule has 180 valence electrons. The smallest absolute Gasteiger partial charge is 0.407 e. The molecule has 0 aliphatic heterocycles. The van der Waals surface area contributed by atoms with E-state index in [0.29, 0.717) is 6.42 Å². The monoisotopic (exact) mass is 466 g/mol. The number of benzene rings is 2. The van der Waals surface area contributed by atoms with Crippen LogP contribution < -0.4 is 10.6 Å². The molecule has 34 heavy (non-hydrogen) atoms. The Hall–Kier alpha value is -3.39. The summed E-state index contributed by atoms with van der Waals surface area (Å²) in [6, 6.07) is 16.3. The average Bonchev–Trinajstić information content (AvgIpc) is 3.38. The molecule has 0 unspecified atom stereocenters. The normalized spacial score (nSPS) is 18.7. The summed E-state index contributed by atoms with van der Waals surface area (Å²) in [7, 11) is 0. The van der Waals surface area contributed by atoms with Crippen molar-refractivity contribution in [3.05, 3.63) is 59.7 Å². The highest BCUT2D eigenvalue weighted by molar-refractivity contribution is 5.79. The van der Waals surface area contributed by atoms with Crippen LogP contribution in [-0.4, -0.2) is 55.5 Å². The van der Waals surface area contributed by atoms with Crippen molar-refractivity contribution in [3.8, 4) is 11.1 Å². The van der Waals surface area contributed by atoms with E-state index in [2.05, 4.69) is 34.9 Å². The molecule has 2 amide bonds. The molecule has 8 nitrogen and oxygen atoms in total. The highest BCUT2D eigenvalue weighted by atomic mass is 16.5. The minimum Gasteiger partial charge on any atom is -0.481 e. The Kier molecular flexibility index (Phi) is 7.80. The van der Waals surface area contributed by atoms with Crippen LogP contribution in [0.1, 0.15) is 42.7 Å². The van der Waals surface area contributed by atoms with Crippen LogP contribution in [0.3, 0.4) is 0 Å². The zero-order chi connectivity index (χ0) is 23.9. The number of alkyl carbamates (subject to hydrolysis) is 1. The second-order valence-electron chi connectivity index (χ2n) is 8.85. The van der Waals surface area contributed by atoms with E-state index in [4.69, 9.17) is 14.6 Å². The van der Waals surface area contributed by atoms with Crippen LogP contribution in [0, 0.1) is 5.92 Å². The van der Waals surface area contributed by atoms with Crippen LogP contribution in [-0.2, 0) is 19.1 Å². The molecule has 1 saturated carbocycles. The molecule has 0 bridgehead atoms. The van der Waals surface area contributed by atoms with Gasteiger partial charge in [0.1, 0.15) is 13.2 Å². The lowest BCUT2D eigenvalue weighted by Crippen LogP contribution is -2.36. The van der Waals surface area contributed by atoms with E-state index in [1.54, 1.807) is 0 Å². The first-order valence-electron chi connectivity index (χ1n) is 11.7. The minimum absolute atomic E-state index is 0.000554. The number of fused-ring (bicyclic) bond motifs is 3. The van der Waals surface area contributed by atoms with Gasteiger partial charge in [-0.15, -0.1) is 0 Å². The summed E-state index contributed by atoms with van der Waals surface area (Å²) in [6.45, 7) is 0.553. The third-order valence-electron chi connectivity index (χ3n) is 6.46. The van der Waals surface area contributed by atoms with Crippen molar-refractivity contribution in [1.29, 1.82) is 0 Å². The predicted molar refractivity (Wildman–Crippen MR) is 125 cm³/mol. The number of aliphatic carboxylic acids is 1. The number of ether oxygens (including phenoxy) is 2. The summed E-state index contributed by atoms with van der Waals surface area (Å²) in [4.78, 5) is 35.0. The fraction of sp³-hybridized carbons (Fsp3) is 0.423. The molecule has 2 aliphatic carbocycles. The van der Waals surface area contributed by atoms with Crippen LogP contribution in [0.25, 0.3) is 11.1 Å². The average molecular weight is 467 g/mol. The van der Waals surface area contributed by atoms with E-state index in [1.165, 1.54) is 11.1 Å². The molecule has 2 aromatic rings. The van der Waals surface area contributed by atoms with Gasteiger partial charge in [0.25, 0.3) is 0 Å². The molecule has 0 radical (unpaired) electrons. The lowest BCUT2D eigenvalue weighted by atomic mass is 9.98. The maximum Gasteiger partial charge on any atom is 0.407 e. The number of carboxylic acid groups (broad SMARTS) is 1. The maximum atomic E-state index is 12.1. The third kappa shape index (κ3) is 5.94. The van der Waals surface area contributed by atoms with Gasteiger partial charge in [0.15, 0.2) is 0 Å². The van der Waals surface area contributed by atoms with Crippen molar-refractivity contribution in [2.75, 3.05) is 26.4 Å². The zero-order valence-electron chi connectivity index (χ0n) is 19.0. The first kappa shape index (κ1) is 23.8. The van der Waals surface area contributed by atoms with Gasteiger partial charge in [-0.1, -0.05) is 48.5 Å². The molecular weight excluding hydrogens is 436 g/mol. The van der Waals surface area contributed by atoms with Gasteiger partial charge in [0.2, 0.25) is 5.91 Å². The number of carbonyl (C=O) groups is 3. The van der Waals surface area contributed by atoms with Crippen molar-refractivity contribution >= 4 is 18.0 Å². The Morgan fingerprint density at radius 2 is 1.65 bits per heavy atom. The van der Waals surface area contributed by atoms with E-state index in [1.807, 2.05) is 24.3 Å². The number of nitrogens with one attached hydrogen (secondary N) is 2. The van der Waals surface area contributed by atoms with Gasteiger partial charge >= 0.3 is 12.1 Å². The topological polar surface area (TPSA) is 114 Å². The molecule has 0 aromatic heterocycles. The number of amides is 2. The van der Waals surface area contributed by atoms with Gasteiger partial charge in [-0.3, -0.25) is 9.59 Å².